The maximum atomic E-state index is 13.5. The summed E-state index contributed by atoms with van der Waals surface area (Å²) >= 11 is 0. The van der Waals surface area contributed by atoms with Crippen LogP contribution in [0.4, 0.5) is 15.8 Å². The standard InChI is InChI=1S/C18H21FN4O2S/c1-2-14-6-7-16(22-10-8-21-9-11-22)13-18(14)23(20)26(24,25)17-5-3-4-15(19)12-17/h2-7,12-13,21H,1,8-11,20H2. The molecule has 2 aromatic carbocycles. The first-order valence-electron chi connectivity index (χ1n) is 8.21. The molecule has 0 saturated carbocycles. The van der Waals surface area contributed by atoms with Crippen molar-refractivity contribution in [3.63, 3.8) is 0 Å². The van der Waals surface area contributed by atoms with Crippen LogP contribution in [-0.2, 0) is 10.0 Å². The zero-order chi connectivity index (χ0) is 18.7. The van der Waals surface area contributed by atoms with Gasteiger partial charge in [0, 0.05) is 37.4 Å². The van der Waals surface area contributed by atoms with Crippen molar-refractivity contribution in [2.24, 2.45) is 5.84 Å². The maximum absolute atomic E-state index is 13.5. The van der Waals surface area contributed by atoms with Crippen LogP contribution in [0.5, 0.6) is 0 Å². The summed E-state index contributed by atoms with van der Waals surface area (Å²) in [5.74, 6) is 5.33. The molecule has 0 spiro atoms. The van der Waals surface area contributed by atoms with Gasteiger partial charge in [-0.2, -0.15) is 8.42 Å². The highest BCUT2D eigenvalue weighted by Gasteiger charge is 2.25. The van der Waals surface area contributed by atoms with Gasteiger partial charge in [0.15, 0.2) is 0 Å². The summed E-state index contributed by atoms with van der Waals surface area (Å²) in [4.78, 5) is 1.94. The van der Waals surface area contributed by atoms with Crippen LogP contribution in [-0.4, -0.2) is 34.6 Å². The predicted octanol–water partition coefficient (Wildman–Crippen LogP) is 1.95. The van der Waals surface area contributed by atoms with Crippen LogP contribution in [0.25, 0.3) is 6.08 Å². The number of hydrogen-bond donors (Lipinski definition) is 2. The summed E-state index contributed by atoms with van der Waals surface area (Å²) in [6.07, 6.45) is 1.54. The van der Waals surface area contributed by atoms with E-state index < -0.39 is 15.8 Å². The molecule has 0 radical (unpaired) electrons. The lowest BCUT2D eigenvalue weighted by atomic mass is 10.1. The number of hydrogen-bond acceptors (Lipinski definition) is 5. The molecule has 26 heavy (non-hydrogen) atoms. The average molecular weight is 376 g/mol. The molecule has 1 heterocycles. The third kappa shape index (κ3) is 3.57. The Bertz CT molecular complexity index is 911. The van der Waals surface area contributed by atoms with Gasteiger partial charge < -0.3 is 10.2 Å². The van der Waals surface area contributed by atoms with Crippen LogP contribution >= 0.6 is 0 Å². The summed E-state index contributed by atoms with van der Waals surface area (Å²) in [6.45, 7) is 7.06. The molecule has 8 heteroatoms. The largest absolute Gasteiger partial charge is 0.369 e. The molecule has 0 unspecified atom stereocenters. The molecular formula is C18H21FN4O2S. The summed E-state index contributed by atoms with van der Waals surface area (Å²) < 4.78 is 39.8. The first kappa shape index (κ1) is 18.4. The fraction of sp³-hybridized carbons (Fsp3) is 0.222. The van der Waals surface area contributed by atoms with Crippen molar-refractivity contribution in [1.29, 1.82) is 0 Å². The molecule has 3 N–H and O–H groups in total. The number of anilines is 2. The molecule has 1 saturated heterocycles. The van der Waals surface area contributed by atoms with Crippen molar-refractivity contribution in [2.45, 2.75) is 4.90 Å². The Balaban J connectivity index is 2.01. The van der Waals surface area contributed by atoms with E-state index in [1.54, 1.807) is 12.1 Å². The molecule has 138 valence electrons. The molecule has 6 nitrogen and oxygen atoms in total. The third-order valence-corrected chi connectivity index (χ3v) is 5.87. The van der Waals surface area contributed by atoms with E-state index in [-0.39, 0.29) is 4.90 Å². The van der Waals surface area contributed by atoms with E-state index in [9.17, 15) is 12.8 Å². The lowest BCUT2D eigenvalue weighted by Gasteiger charge is -2.31. The molecule has 3 rings (SSSR count). The first-order valence-corrected chi connectivity index (χ1v) is 9.65. The van der Waals surface area contributed by atoms with Crippen LogP contribution < -0.4 is 20.5 Å². The number of rotatable bonds is 5. The van der Waals surface area contributed by atoms with Crippen molar-refractivity contribution < 1.29 is 12.8 Å². The second kappa shape index (κ2) is 7.45. The predicted molar refractivity (Wildman–Crippen MR) is 102 cm³/mol. The topological polar surface area (TPSA) is 78.7 Å². The normalized spacial score (nSPS) is 14.9. The second-order valence-electron chi connectivity index (χ2n) is 5.94. The van der Waals surface area contributed by atoms with Gasteiger partial charge in [-0.15, -0.1) is 0 Å². The van der Waals surface area contributed by atoms with E-state index in [4.69, 9.17) is 5.84 Å². The number of benzene rings is 2. The first-order chi connectivity index (χ1) is 12.4. The van der Waals surface area contributed by atoms with Crippen LogP contribution in [0.3, 0.4) is 0 Å². The van der Waals surface area contributed by atoms with Crippen LogP contribution in [0.15, 0.2) is 53.9 Å². The smallest absolute Gasteiger partial charge is 0.277 e. The summed E-state index contributed by atoms with van der Waals surface area (Å²) in [6, 6.07) is 10.2. The molecule has 1 fully saturated rings. The molecule has 1 aliphatic heterocycles. The lowest BCUT2D eigenvalue weighted by molar-refractivity contribution is 0.586. The molecule has 1 aliphatic rings. The molecule has 0 aromatic heterocycles. The number of nitrogens with two attached hydrogens (primary N) is 1. The Kier molecular flexibility index (Phi) is 5.26. The van der Waals surface area contributed by atoms with Gasteiger partial charge in [0.2, 0.25) is 0 Å². The number of nitrogens with zero attached hydrogens (tertiary/aromatic N) is 2. The van der Waals surface area contributed by atoms with Crippen LogP contribution in [0.1, 0.15) is 5.56 Å². The van der Waals surface area contributed by atoms with E-state index in [1.165, 1.54) is 24.3 Å². The summed E-state index contributed by atoms with van der Waals surface area (Å²) in [5, 5.41) is 3.27. The Morgan fingerprint density at radius 3 is 2.58 bits per heavy atom. The van der Waals surface area contributed by atoms with Gasteiger partial charge in [0.05, 0.1) is 10.6 Å². The highest BCUT2D eigenvalue weighted by atomic mass is 32.2. The molecule has 2 aromatic rings. The summed E-state index contributed by atoms with van der Waals surface area (Å²) in [7, 11) is -4.10. The number of halogens is 1. The Hall–Kier alpha value is -2.42. The van der Waals surface area contributed by atoms with E-state index in [2.05, 4.69) is 16.8 Å². The number of nitrogens with one attached hydrogen (secondary N) is 1. The second-order valence-corrected chi connectivity index (χ2v) is 7.76. The van der Waals surface area contributed by atoms with Gasteiger partial charge >= 0.3 is 0 Å². The van der Waals surface area contributed by atoms with Crippen LogP contribution in [0, 0.1) is 5.82 Å². The van der Waals surface area contributed by atoms with E-state index >= 15 is 0 Å². The lowest BCUT2D eigenvalue weighted by Crippen LogP contribution is -2.43. The van der Waals surface area contributed by atoms with Crippen molar-refractivity contribution in [3.8, 4) is 0 Å². The fourth-order valence-electron chi connectivity index (χ4n) is 2.89. The molecule has 0 atom stereocenters. The Morgan fingerprint density at radius 1 is 1.19 bits per heavy atom. The highest BCUT2D eigenvalue weighted by Crippen LogP contribution is 2.30. The van der Waals surface area contributed by atoms with Gasteiger partial charge in [-0.05, 0) is 30.3 Å². The van der Waals surface area contributed by atoms with Gasteiger partial charge in [0.25, 0.3) is 10.0 Å². The monoisotopic (exact) mass is 376 g/mol. The van der Waals surface area contributed by atoms with Crippen molar-refractivity contribution >= 4 is 27.5 Å². The Labute approximate surface area is 152 Å². The minimum atomic E-state index is -4.10. The Morgan fingerprint density at radius 2 is 1.92 bits per heavy atom. The average Bonchev–Trinajstić information content (AvgIpc) is 2.67. The van der Waals surface area contributed by atoms with Crippen molar-refractivity contribution in [2.75, 3.05) is 35.5 Å². The van der Waals surface area contributed by atoms with Gasteiger partial charge in [-0.1, -0.05) is 24.8 Å². The highest BCUT2D eigenvalue weighted by molar-refractivity contribution is 7.92. The minimum absolute atomic E-state index is 0.206. The molecule has 0 aliphatic carbocycles. The number of sulfonamides is 1. The van der Waals surface area contributed by atoms with E-state index in [1.807, 2.05) is 6.07 Å². The van der Waals surface area contributed by atoms with Gasteiger partial charge in [-0.3, -0.25) is 0 Å². The van der Waals surface area contributed by atoms with Crippen molar-refractivity contribution in [1.82, 2.24) is 5.32 Å². The number of hydrazine groups is 1. The molecule has 0 amide bonds. The quantitative estimate of drug-likeness (QED) is 0.616. The van der Waals surface area contributed by atoms with E-state index in [0.717, 1.165) is 37.9 Å². The third-order valence-electron chi connectivity index (χ3n) is 4.31. The number of piperazine rings is 1. The summed E-state index contributed by atoms with van der Waals surface area (Å²) in [5.41, 5.74) is 1.74. The van der Waals surface area contributed by atoms with E-state index in [0.29, 0.717) is 15.7 Å². The molecule has 0 bridgehead atoms. The molecular weight excluding hydrogens is 355 g/mol. The fourth-order valence-corrected chi connectivity index (χ4v) is 4.04. The SMILES string of the molecule is C=Cc1ccc(N2CCNCC2)cc1N(N)S(=O)(=O)c1cccc(F)c1. The zero-order valence-electron chi connectivity index (χ0n) is 14.2. The van der Waals surface area contributed by atoms with Gasteiger partial charge in [0.1, 0.15) is 5.82 Å². The van der Waals surface area contributed by atoms with Crippen LogP contribution in [0.2, 0.25) is 0 Å². The zero-order valence-corrected chi connectivity index (χ0v) is 15.0. The minimum Gasteiger partial charge on any atom is -0.369 e. The van der Waals surface area contributed by atoms with Crippen molar-refractivity contribution in [3.05, 3.63) is 60.4 Å². The maximum Gasteiger partial charge on any atom is 0.277 e. The van der Waals surface area contributed by atoms with Gasteiger partial charge in [-0.25, -0.2) is 14.6 Å².